The molecular weight excluding hydrogens is 190 g/mol. The van der Waals surface area contributed by atoms with Gasteiger partial charge < -0.3 is 14.4 Å². The van der Waals surface area contributed by atoms with E-state index in [1.54, 1.807) is 0 Å². The molecule has 0 aromatic carbocycles. The summed E-state index contributed by atoms with van der Waals surface area (Å²) in [5, 5.41) is 0. The summed E-state index contributed by atoms with van der Waals surface area (Å²) in [5.74, 6) is 0.782. The van der Waals surface area contributed by atoms with Gasteiger partial charge in [-0.3, -0.25) is 0 Å². The topological polar surface area (TPSA) is 29.5 Å². The molecule has 3 heteroatoms. The highest BCUT2D eigenvalue weighted by molar-refractivity contribution is 5.60. The van der Waals surface area contributed by atoms with Crippen molar-refractivity contribution in [2.24, 2.45) is 11.3 Å². The lowest BCUT2D eigenvalue weighted by Gasteiger charge is -2.35. The Bertz CT molecular complexity index is 224. The van der Waals surface area contributed by atoms with Crippen molar-refractivity contribution < 1.29 is 9.53 Å². The Morgan fingerprint density at radius 1 is 1.60 bits per heavy atom. The number of likely N-dealkylation sites (tertiary alicyclic amines) is 1. The zero-order chi connectivity index (χ0) is 10.7. The summed E-state index contributed by atoms with van der Waals surface area (Å²) in [5.41, 5.74) is -0.197. The monoisotopic (exact) mass is 211 g/mol. The summed E-state index contributed by atoms with van der Waals surface area (Å²) in [6.45, 7) is 6.88. The Hall–Kier alpha value is -0.410. The smallest absolute Gasteiger partial charge is 0.129 e. The van der Waals surface area contributed by atoms with Crippen molar-refractivity contribution in [3.63, 3.8) is 0 Å². The van der Waals surface area contributed by atoms with Gasteiger partial charge in [-0.15, -0.1) is 0 Å². The van der Waals surface area contributed by atoms with Crippen LogP contribution in [0, 0.1) is 11.3 Å². The van der Waals surface area contributed by atoms with E-state index in [4.69, 9.17) is 4.74 Å². The van der Waals surface area contributed by atoms with E-state index in [2.05, 4.69) is 11.8 Å². The van der Waals surface area contributed by atoms with Crippen LogP contribution >= 0.6 is 0 Å². The third-order valence-electron chi connectivity index (χ3n) is 3.66. The maximum Gasteiger partial charge on any atom is 0.129 e. The number of nitrogens with zero attached hydrogens (tertiary/aromatic N) is 1. The van der Waals surface area contributed by atoms with Crippen LogP contribution in [0.5, 0.6) is 0 Å². The lowest BCUT2D eigenvalue weighted by Crippen LogP contribution is -2.43. The van der Waals surface area contributed by atoms with Crippen LogP contribution in [0.3, 0.4) is 0 Å². The number of aldehydes is 1. The molecule has 0 aliphatic carbocycles. The normalized spacial score (nSPS) is 38.1. The van der Waals surface area contributed by atoms with Crippen LogP contribution in [0.2, 0.25) is 0 Å². The number of rotatable bonds is 3. The van der Waals surface area contributed by atoms with Crippen molar-refractivity contribution >= 4 is 6.29 Å². The van der Waals surface area contributed by atoms with Crippen LogP contribution in [0.4, 0.5) is 0 Å². The second kappa shape index (κ2) is 4.62. The maximum absolute atomic E-state index is 11.2. The highest BCUT2D eigenvalue weighted by Gasteiger charge is 2.37. The van der Waals surface area contributed by atoms with Crippen LogP contribution in [0.1, 0.15) is 26.2 Å². The first-order chi connectivity index (χ1) is 7.24. The first kappa shape index (κ1) is 11.1. The minimum Gasteiger partial charge on any atom is -0.380 e. The summed E-state index contributed by atoms with van der Waals surface area (Å²) in [6, 6.07) is 0. The van der Waals surface area contributed by atoms with Crippen LogP contribution < -0.4 is 0 Å². The molecule has 0 bridgehead atoms. The van der Waals surface area contributed by atoms with Gasteiger partial charge in [-0.05, 0) is 31.7 Å². The Balaban J connectivity index is 1.91. The van der Waals surface area contributed by atoms with Crippen LogP contribution in [-0.2, 0) is 9.53 Å². The lowest BCUT2D eigenvalue weighted by atomic mass is 9.87. The van der Waals surface area contributed by atoms with E-state index in [0.29, 0.717) is 6.61 Å². The molecule has 2 saturated heterocycles. The molecule has 2 fully saturated rings. The molecule has 0 aromatic heterocycles. The summed E-state index contributed by atoms with van der Waals surface area (Å²) in [7, 11) is 0. The van der Waals surface area contributed by atoms with Gasteiger partial charge >= 0.3 is 0 Å². The number of hydrogen-bond donors (Lipinski definition) is 0. The van der Waals surface area contributed by atoms with Crippen LogP contribution in [0.15, 0.2) is 0 Å². The molecule has 2 atom stereocenters. The molecule has 2 aliphatic heterocycles. The van der Waals surface area contributed by atoms with E-state index in [9.17, 15) is 4.79 Å². The van der Waals surface area contributed by atoms with Gasteiger partial charge in [0.2, 0.25) is 0 Å². The van der Waals surface area contributed by atoms with Crippen molar-refractivity contribution in [1.82, 2.24) is 4.90 Å². The second-order valence-corrected chi connectivity index (χ2v) is 5.27. The van der Waals surface area contributed by atoms with Gasteiger partial charge in [0.25, 0.3) is 0 Å². The average Bonchev–Trinajstić information content (AvgIpc) is 2.67. The molecule has 0 N–H and O–H groups in total. The van der Waals surface area contributed by atoms with E-state index in [0.717, 1.165) is 44.9 Å². The van der Waals surface area contributed by atoms with Gasteiger partial charge in [0.1, 0.15) is 6.29 Å². The third-order valence-corrected chi connectivity index (χ3v) is 3.66. The van der Waals surface area contributed by atoms with E-state index in [1.165, 1.54) is 12.8 Å². The minimum absolute atomic E-state index is 0.197. The van der Waals surface area contributed by atoms with Gasteiger partial charge in [0, 0.05) is 19.7 Å². The van der Waals surface area contributed by atoms with Gasteiger partial charge in [0.05, 0.1) is 12.0 Å². The molecular formula is C12H21NO2. The zero-order valence-corrected chi connectivity index (χ0v) is 9.58. The fourth-order valence-electron chi connectivity index (χ4n) is 2.75. The summed E-state index contributed by atoms with van der Waals surface area (Å²) < 4.78 is 5.36. The molecule has 2 rings (SSSR count). The zero-order valence-electron chi connectivity index (χ0n) is 9.58. The summed E-state index contributed by atoms with van der Waals surface area (Å²) >= 11 is 0. The largest absolute Gasteiger partial charge is 0.380 e. The van der Waals surface area contributed by atoms with Crippen LogP contribution in [0.25, 0.3) is 0 Å². The Morgan fingerprint density at radius 3 is 3.07 bits per heavy atom. The molecule has 0 radical (unpaired) electrons. The van der Waals surface area contributed by atoms with Crippen molar-refractivity contribution in [3.8, 4) is 0 Å². The Morgan fingerprint density at radius 2 is 2.47 bits per heavy atom. The highest BCUT2D eigenvalue weighted by atomic mass is 16.5. The average molecular weight is 211 g/mol. The number of carbonyl (C=O) groups is 1. The minimum atomic E-state index is -0.197. The number of piperidine rings is 1. The van der Waals surface area contributed by atoms with E-state index >= 15 is 0 Å². The second-order valence-electron chi connectivity index (χ2n) is 5.27. The predicted molar refractivity (Wildman–Crippen MR) is 58.8 cm³/mol. The first-order valence-electron chi connectivity index (χ1n) is 6.00. The SMILES string of the molecule is CC1CCCN(CC2(C=O)CCOC2)C1. The van der Waals surface area contributed by atoms with Crippen molar-refractivity contribution in [2.75, 3.05) is 32.8 Å². The molecule has 0 amide bonds. The van der Waals surface area contributed by atoms with Crippen molar-refractivity contribution in [1.29, 1.82) is 0 Å². The first-order valence-corrected chi connectivity index (χ1v) is 6.00. The number of hydrogen-bond acceptors (Lipinski definition) is 3. The van der Waals surface area contributed by atoms with Gasteiger partial charge in [-0.1, -0.05) is 6.92 Å². The standard InChI is InChI=1S/C12H21NO2/c1-11-3-2-5-13(7-11)8-12(9-14)4-6-15-10-12/h9,11H,2-8,10H2,1H3. The third kappa shape index (κ3) is 2.58. The number of ether oxygens (including phenoxy) is 1. The molecule has 2 heterocycles. The fraction of sp³-hybridized carbons (Fsp3) is 0.917. The van der Waals surface area contributed by atoms with Crippen LogP contribution in [-0.4, -0.2) is 44.0 Å². The lowest BCUT2D eigenvalue weighted by molar-refractivity contribution is -0.117. The molecule has 0 spiro atoms. The molecule has 15 heavy (non-hydrogen) atoms. The summed E-state index contributed by atoms with van der Waals surface area (Å²) in [4.78, 5) is 13.6. The predicted octanol–water partition coefficient (Wildman–Crippen LogP) is 1.32. The molecule has 3 nitrogen and oxygen atoms in total. The fourth-order valence-corrected chi connectivity index (χ4v) is 2.75. The molecule has 2 unspecified atom stereocenters. The van der Waals surface area contributed by atoms with Crippen molar-refractivity contribution in [2.45, 2.75) is 26.2 Å². The van der Waals surface area contributed by atoms with E-state index in [1.807, 2.05) is 0 Å². The summed E-state index contributed by atoms with van der Waals surface area (Å²) in [6.07, 6.45) is 4.64. The van der Waals surface area contributed by atoms with E-state index in [-0.39, 0.29) is 5.41 Å². The van der Waals surface area contributed by atoms with Gasteiger partial charge in [-0.25, -0.2) is 0 Å². The van der Waals surface area contributed by atoms with Gasteiger partial charge in [0.15, 0.2) is 0 Å². The number of carbonyl (C=O) groups excluding carboxylic acids is 1. The van der Waals surface area contributed by atoms with Crippen molar-refractivity contribution in [3.05, 3.63) is 0 Å². The highest BCUT2D eigenvalue weighted by Crippen LogP contribution is 2.29. The Kier molecular flexibility index (Phi) is 3.42. The molecule has 86 valence electrons. The van der Waals surface area contributed by atoms with E-state index < -0.39 is 0 Å². The molecule has 0 saturated carbocycles. The Labute approximate surface area is 91.8 Å². The molecule has 0 aromatic rings. The van der Waals surface area contributed by atoms with Gasteiger partial charge in [-0.2, -0.15) is 0 Å². The maximum atomic E-state index is 11.2. The quantitative estimate of drug-likeness (QED) is 0.659. The molecule has 2 aliphatic rings.